The summed E-state index contributed by atoms with van der Waals surface area (Å²) in [5, 5.41) is 14.1. The van der Waals surface area contributed by atoms with E-state index in [4.69, 9.17) is 14.3 Å². The van der Waals surface area contributed by atoms with Gasteiger partial charge in [-0.3, -0.25) is 4.84 Å². The number of carbonyl (C=O) groups excluding carboxylic acids is 2. The van der Waals surface area contributed by atoms with Gasteiger partial charge in [0.25, 0.3) is 0 Å². The number of aromatic nitrogens is 1. The standard InChI is InChI=1S/C23H40N2O6S/c1-8-10-11-12-13-30-25(22(28)31-23(5,6)7)18(16(3)4)14-19(26)20-24-17(15-32-20)21(27)29-9-2/h15-16,18-19,26H,8-14H2,1-7H3. The largest absolute Gasteiger partial charge is 0.461 e. The van der Waals surface area contributed by atoms with Gasteiger partial charge in [0, 0.05) is 11.8 Å². The molecule has 1 amide bonds. The Labute approximate surface area is 196 Å². The zero-order valence-electron chi connectivity index (χ0n) is 20.6. The van der Waals surface area contributed by atoms with Crippen molar-refractivity contribution in [3.8, 4) is 0 Å². The Morgan fingerprint density at radius 1 is 1.19 bits per heavy atom. The number of carbonyl (C=O) groups is 2. The topological polar surface area (TPSA) is 98.2 Å². The van der Waals surface area contributed by atoms with Crippen LogP contribution in [0.25, 0.3) is 0 Å². The molecule has 0 aliphatic carbocycles. The normalized spacial score (nSPS) is 13.7. The molecule has 2 atom stereocenters. The van der Waals surface area contributed by atoms with Gasteiger partial charge < -0.3 is 14.6 Å². The number of rotatable bonds is 13. The molecule has 0 aliphatic heterocycles. The lowest BCUT2D eigenvalue weighted by molar-refractivity contribution is -0.184. The van der Waals surface area contributed by atoms with Gasteiger partial charge in [0.1, 0.15) is 16.7 Å². The molecule has 0 saturated carbocycles. The van der Waals surface area contributed by atoms with Crippen LogP contribution in [-0.4, -0.2) is 52.1 Å². The molecule has 0 radical (unpaired) electrons. The molecular weight excluding hydrogens is 432 g/mol. The minimum Gasteiger partial charge on any atom is -0.461 e. The zero-order valence-corrected chi connectivity index (χ0v) is 21.4. The number of nitrogens with zero attached hydrogens (tertiary/aromatic N) is 2. The van der Waals surface area contributed by atoms with E-state index in [-0.39, 0.29) is 24.6 Å². The highest BCUT2D eigenvalue weighted by Gasteiger charge is 2.34. The van der Waals surface area contributed by atoms with Crippen LogP contribution in [-0.2, 0) is 14.3 Å². The highest BCUT2D eigenvalue weighted by atomic mass is 32.1. The van der Waals surface area contributed by atoms with Crippen LogP contribution in [0.3, 0.4) is 0 Å². The Kier molecular flexibility index (Phi) is 12.2. The fourth-order valence-electron chi connectivity index (χ4n) is 2.99. The summed E-state index contributed by atoms with van der Waals surface area (Å²) >= 11 is 1.19. The lowest BCUT2D eigenvalue weighted by Gasteiger charge is -2.35. The molecule has 0 bridgehead atoms. The number of ether oxygens (including phenoxy) is 2. The fraction of sp³-hybridized carbons (Fsp3) is 0.783. The summed E-state index contributed by atoms with van der Waals surface area (Å²) in [4.78, 5) is 34.9. The van der Waals surface area contributed by atoms with Crippen molar-refractivity contribution in [2.24, 2.45) is 5.92 Å². The van der Waals surface area contributed by atoms with Gasteiger partial charge in [0.15, 0.2) is 5.69 Å². The van der Waals surface area contributed by atoms with Gasteiger partial charge in [-0.1, -0.05) is 40.0 Å². The summed E-state index contributed by atoms with van der Waals surface area (Å²) < 4.78 is 10.5. The average Bonchev–Trinajstić information content (AvgIpc) is 3.18. The van der Waals surface area contributed by atoms with Gasteiger partial charge in [-0.15, -0.1) is 11.3 Å². The third-order valence-electron chi connectivity index (χ3n) is 4.63. The van der Waals surface area contributed by atoms with E-state index in [1.807, 2.05) is 13.8 Å². The van der Waals surface area contributed by atoms with E-state index in [2.05, 4.69) is 11.9 Å². The van der Waals surface area contributed by atoms with Crippen molar-refractivity contribution in [3.05, 3.63) is 16.1 Å². The third-order valence-corrected chi connectivity index (χ3v) is 5.57. The van der Waals surface area contributed by atoms with Crippen LogP contribution in [0.1, 0.15) is 102 Å². The van der Waals surface area contributed by atoms with Gasteiger partial charge in [0.2, 0.25) is 0 Å². The molecule has 1 heterocycles. The summed E-state index contributed by atoms with van der Waals surface area (Å²) in [6.45, 7) is 13.8. The lowest BCUT2D eigenvalue weighted by atomic mass is 9.98. The second kappa shape index (κ2) is 13.7. The molecule has 1 rings (SSSR count). The van der Waals surface area contributed by atoms with E-state index in [0.29, 0.717) is 11.6 Å². The Hall–Kier alpha value is -1.71. The fourth-order valence-corrected chi connectivity index (χ4v) is 3.78. The summed E-state index contributed by atoms with van der Waals surface area (Å²) in [5.41, 5.74) is -0.506. The Bertz CT molecular complexity index is 701. The van der Waals surface area contributed by atoms with Crippen molar-refractivity contribution in [1.82, 2.24) is 10.0 Å². The maximum Gasteiger partial charge on any atom is 0.434 e. The summed E-state index contributed by atoms with van der Waals surface area (Å²) in [7, 11) is 0. The maximum atomic E-state index is 12.9. The SMILES string of the molecule is CCCCCCON(C(=O)OC(C)(C)C)C(CC(O)c1nc(C(=O)OCC)cs1)C(C)C. The number of thiazole rings is 1. The van der Waals surface area contributed by atoms with Gasteiger partial charge in [-0.05, 0) is 40.0 Å². The number of aliphatic hydroxyl groups is 1. The molecular formula is C23H40N2O6S. The molecule has 9 heteroatoms. The molecule has 0 spiro atoms. The summed E-state index contributed by atoms with van der Waals surface area (Å²) in [5.74, 6) is -0.536. The van der Waals surface area contributed by atoms with Crippen molar-refractivity contribution >= 4 is 23.4 Å². The smallest absolute Gasteiger partial charge is 0.434 e. The number of unbranched alkanes of at least 4 members (excludes halogenated alkanes) is 3. The zero-order chi connectivity index (χ0) is 24.3. The first-order valence-electron chi connectivity index (χ1n) is 11.5. The van der Waals surface area contributed by atoms with Crippen LogP contribution in [0.2, 0.25) is 0 Å². The summed E-state index contributed by atoms with van der Waals surface area (Å²) in [6, 6.07) is -0.444. The molecule has 32 heavy (non-hydrogen) atoms. The molecule has 2 unspecified atom stereocenters. The molecule has 184 valence electrons. The second-order valence-corrected chi connectivity index (χ2v) is 9.94. The van der Waals surface area contributed by atoms with Crippen LogP contribution >= 0.6 is 11.3 Å². The van der Waals surface area contributed by atoms with Gasteiger partial charge in [0.05, 0.1) is 19.3 Å². The summed E-state index contributed by atoms with van der Waals surface area (Å²) in [6.07, 6.45) is 2.71. The predicted molar refractivity (Wildman–Crippen MR) is 124 cm³/mol. The molecule has 0 aromatic carbocycles. The molecule has 1 aromatic rings. The first-order valence-corrected chi connectivity index (χ1v) is 12.3. The van der Waals surface area contributed by atoms with Crippen molar-refractivity contribution in [1.29, 1.82) is 0 Å². The minimum absolute atomic E-state index is 0.0164. The molecule has 1 aromatic heterocycles. The number of hydrogen-bond acceptors (Lipinski definition) is 8. The van der Waals surface area contributed by atoms with Crippen molar-refractivity contribution in [3.63, 3.8) is 0 Å². The Morgan fingerprint density at radius 2 is 1.88 bits per heavy atom. The van der Waals surface area contributed by atoms with E-state index >= 15 is 0 Å². The van der Waals surface area contributed by atoms with Crippen LogP contribution < -0.4 is 0 Å². The number of hydrogen-bond donors (Lipinski definition) is 1. The highest BCUT2D eigenvalue weighted by Crippen LogP contribution is 2.29. The van der Waals surface area contributed by atoms with Crippen molar-refractivity contribution < 1.29 is 29.0 Å². The van der Waals surface area contributed by atoms with E-state index < -0.39 is 29.8 Å². The van der Waals surface area contributed by atoms with E-state index in [9.17, 15) is 14.7 Å². The second-order valence-electron chi connectivity index (χ2n) is 9.05. The highest BCUT2D eigenvalue weighted by molar-refractivity contribution is 7.09. The van der Waals surface area contributed by atoms with Gasteiger partial charge in [-0.2, -0.15) is 5.06 Å². The quantitative estimate of drug-likeness (QED) is 0.229. The minimum atomic E-state index is -0.968. The van der Waals surface area contributed by atoms with Gasteiger partial charge >= 0.3 is 12.1 Å². The van der Waals surface area contributed by atoms with Crippen molar-refractivity contribution in [2.75, 3.05) is 13.2 Å². The molecule has 0 fully saturated rings. The van der Waals surface area contributed by atoms with Gasteiger partial charge in [-0.25, -0.2) is 14.6 Å². The first kappa shape index (κ1) is 28.3. The Morgan fingerprint density at radius 3 is 2.44 bits per heavy atom. The van der Waals surface area contributed by atoms with Crippen LogP contribution in [0, 0.1) is 5.92 Å². The number of aliphatic hydroxyl groups excluding tert-OH is 1. The molecule has 8 nitrogen and oxygen atoms in total. The van der Waals surface area contributed by atoms with E-state index in [1.54, 1.807) is 33.1 Å². The third kappa shape index (κ3) is 9.83. The molecule has 1 N–H and O–H groups in total. The number of esters is 1. The predicted octanol–water partition coefficient (Wildman–Crippen LogP) is 5.52. The van der Waals surface area contributed by atoms with E-state index in [0.717, 1.165) is 25.7 Å². The number of amides is 1. The Balaban J connectivity index is 2.97. The first-order chi connectivity index (χ1) is 15.0. The van der Waals surface area contributed by atoms with Crippen LogP contribution in [0.5, 0.6) is 0 Å². The monoisotopic (exact) mass is 472 g/mol. The average molecular weight is 473 g/mol. The van der Waals surface area contributed by atoms with Crippen LogP contribution in [0.4, 0.5) is 4.79 Å². The maximum absolute atomic E-state index is 12.9. The molecule has 0 saturated heterocycles. The molecule has 0 aliphatic rings. The van der Waals surface area contributed by atoms with E-state index in [1.165, 1.54) is 16.4 Å². The van der Waals surface area contributed by atoms with Crippen LogP contribution in [0.15, 0.2) is 5.38 Å². The van der Waals surface area contributed by atoms with Crippen molar-refractivity contribution in [2.45, 2.75) is 98.3 Å². The number of hydroxylamine groups is 2. The lowest BCUT2D eigenvalue weighted by Crippen LogP contribution is -2.46.